The van der Waals surface area contributed by atoms with E-state index in [0.29, 0.717) is 6.04 Å². The van der Waals surface area contributed by atoms with Crippen LogP contribution in [0.25, 0.3) is 0 Å². The lowest BCUT2D eigenvalue weighted by molar-refractivity contribution is -0.119. The smallest absolute Gasteiger partial charge is 0.235 e. The van der Waals surface area contributed by atoms with Crippen molar-refractivity contribution in [2.45, 2.75) is 12.5 Å². The molecule has 2 aliphatic rings. The lowest BCUT2D eigenvalue weighted by atomic mass is 10.1. The highest BCUT2D eigenvalue weighted by atomic mass is 32.1. The van der Waals surface area contributed by atoms with Crippen LogP contribution in [0.2, 0.25) is 0 Å². The minimum absolute atomic E-state index is 0.159. The summed E-state index contributed by atoms with van der Waals surface area (Å²) in [5.41, 5.74) is 0. The van der Waals surface area contributed by atoms with E-state index >= 15 is 0 Å². The number of rotatable bonds is 1. The van der Waals surface area contributed by atoms with Gasteiger partial charge in [-0.25, -0.2) is 0 Å². The molecule has 1 aromatic heterocycles. The molecule has 0 spiro atoms. The zero-order chi connectivity index (χ0) is 8.84. The van der Waals surface area contributed by atoms with E-state index in [1.165, 1.54) is 0 Å². The Hall–Kier alpha value is -1.09. The molecule has 13 heavy (non-hydrogen) atoms. The third-order valence-electron chi connectivity index (χ3n) is 2.69. The van der Waals surface area contributed by atoms with Crippen molar-refractivity contribution in [1.29, 1.82) is 0 Å². The van der Waals surface area contributed by atoms with E-state index in [-0.39, 0.29) is 11.8 Å². The number of thiophene rings is 1. The van der Waals surface area contributed by atoms with Gasteiger partial charge in [-0.3, -0.25) is 9.69 Å². The molecule has 3 heteroatoms. The fraction of sp³-hybridized carbons (Fsp3) is 0.300. The second-order valence-electron chi connectivity index (χ2n) is 3.45. The van der Waals surface area contributed by atoms with E-state index in [0.717, 1.165) is 11.4 Å². The molecule has 2 nitrogen and oxygen atoms in total. The number of hydrogen-bond acceptors (Lipinski definition) is 2. The summed E-state index contributed by atoms with van der Waals surface area (Å²) >= 11 is 1.63. The molecule has 0 radical (unpaired) electrons. The van der Waals surface area contributed by atoms with Crippen molar-refractivity contribution in [2.24, 2.45) is 5.92 Å². The van der Waals surface area contributed by atoms with E-state index < -0.39 is 0 Å². The Balaban J connectivity index is 2.02. The van der Waals surface area contributed by atoms with Crippen LogP contribution >= 0.6 is 11.3 Å². The maximum absolute atomic E-state index is 11.7. The standard InChI is InChI=1S/C10H9NOS/c12-10-7-3-4-8(6-7)11(10)9-2-1-5-13-9/h1-5,7-8H,6H2/t7-,8+/m0/s1. The highest BCUT2D eigenvalue weighted by molar-refractivity contribution is 7.14. The molecule has 0 N–H and O–H groups in total. The summed E-state index contributed by atoms with van der Waals surface area (Å²) in [4.78, 5) is 13.7. The number of hydrogen-bond donors (Lipinski definition) is 0. The normalized spacial score (nSPS) is 30.5. The van der Waals surface area contributed by atoms with Gasteiger partial charge >= 0.3 is 0 Å². The van der Waals surface area contributed by atoms with Crippen molar-refractivity contribution < 1.29 is 4.79 Å². The molecular weight excluding hydrogens is 182 g/mol. The first-order valence-corrected chi connectivity index (χ1v) is 5.29. The number of amides is 1. The first-order valence-electron chi connectivity index (χ1n) is 4.41. The molecule has 0 unspecified atom stereocenters. The summed E-state index contributed by atoms with van der Waals surface area (Å²) < 4.78 is 0. The zero-order valence-corrected chi connectivity index (χ0v) is 7.83. The van der Waals surface area contributed by atoms with Gasteiger partial charge in [-0.1, -0.05) is 12.2 Å². The fourth-order valence-corrected chi connectivity index (χ4v) is 2.87. The van der Waals surface area contributed by atoms with Crippen molar-refractivity contribution in [3.8, 4) is 0 Å². The second kappa shape index (κ2) is 2.45. The summed E-state index contributed by atoms with van der Waals surface area (Å²) in [6, 6.07) is 4.33. The Labute approximate surface area is 80.5 Å². The summed E-state index contributed by atoms with van der Waals surface area (Å²) in [5.74, 6) is 0.432. The van der Waals surface area contributed by atoms with E-state index in [1.54, 1.807) is 11.3 Å². The van der Waals surface area contributed by atoms with Crippen molar-refractivity contribution in [1.82, 2.24) is 0 Å². The molecule has 2 bridgehead atoms. The number of carbonyl (C=O) groups is 1. The fourth-order valence-electron chi connectivity index (χ4n) is 2.08. The van der Waals surface area contributed by atoms with Gasteiger partial charge in [0.05, 0.1) is 17.0 Å². The minimum Gasteiger partial charge on any atom is -0.296 e. The van der Waals surface area contributed by atoms with Gasteiger partial charge in [-0.15, -0.1) is 11.3 Å². The van der Waals surface area contributed by atoms with Crippen molar-refractivity contribution >= 4 is 22.2 Å². The molecule has 1 saturated heterocycles. The van der Waals surface area contributed by atoms with Gasteiger partial charge in [0.25, 0.3) is 0 Å². The van der Waals surface area contributed by atoms with Crippen molar-refractivity contribution in [3.05, 3.63) is 29.7 Å². The lowest BCUT2D eigenvalue weighted by Gasteiger charge is -2.21. The molecule has 66 valence electrons. The Kier molecular flexibility index (Phi) is 1.38. The lowest BCUT2D eigenvalue weighted by Crippen LogP contribution is -2.33. The highest BCUT2D eigenvalue weighted by Crippen LogP contribution is 2.38. The molecule has 2 atom stereocenters. The topological polar surface area (TPSA) is 20.3 Å². The van der Waals surface area contributed by atoms with Crippen LogP contribution in [0.1, 0.15) is 6.42 Å². The van der Waals surface area contributed by atoms with Crippen molar-refractivity contribution in [2.75, 3.05) is 4.90 Å². The first kappa shape index (κ1) is 7.33. The van der Waals surface area contributed by atoms with Gasteiger partial charge < -0.3 is 0 Å². The Morgan fingerprint density at radius 3 is 3.00 bits per heavy atom. The Morgan fingerprint density at radius 1 is 1.46 bits per heavy atom. The van der Waals surface area contributed by atoms with Crippen LogP contribution in [-0.2, 0) is 4.79 Å². The van der Waals surface area contributed by atoms with Crippen LogP contribution < -0.4 is 4.90 Å². The molecule has 1 fully saturated rings. The maximum Gasteiger partial charge on any atom is 0.235 e. The quantitative estimate of drug-likeness (QED) is 0.622. The third kappa shape index (κ3) is 0.907. The van der Waals surface area contributed by atoms with Crippen molar-refractivity contribution in [3.63, 3.8) is 0 Å². The third-order valence-corrected chi connectivity index (χ3v) is 3.56. The van der Waals surface area contributed by atoms with Crippen LogP contribution in [0.4, 0.5) is 5.00 Å². The summed E-state index contributed by atoms with van der Waals surface area (Å²) in [6.45, 7) is 0. The van der Waals surface area contributed by atoms with E-state index in [4.69, 9.17) is 0 Å². The average molecular weight is 191 g/mol. The molecule has 2 heterocycles. The van der Waals surface area contributed by atoms with Crippen LogP contribution in [-0.4, -0.2) is 11.9 Å². The monoisotopic (exact) mass is 191 g/mol. The van der Waals surface area contributed by atoms with E-state index in [9.17, 15) is 4.79 Å². The number of fused-ring (bicyclic) bond motifs is 2. The molecule has 1 aromatic rings. The predicted molar refractivity (Wildman–Crippen MR) is 52.8 cm³/mol. The molecule has 1 aliphatic heterocycles. The highest BCUT2D eigenvalue weighted by Gasteiger charge is 2.41. The summed E-state index contributed by atoms with van der Waals surface area (Å²) in [6.07, 6.45) is 5.17. The van der Waals surface area contributed by atoms with Crippen LogP contribution in [0.15, 0.2) is 29.7 Å². The SMILES string of the molecule is O=C1[C@H]2C=C[C@H](C2)N1c1cccs1. The van der Waals surface area contributed by atoms with E-state index in [1.807, 2.05) is 28.5 Å². The maximum atomic E-state index is 11.7. The molecular formula is C10H9NOS. The van der Waals surface area contributed by atoms with Crippen LogP contribution in [0.3, 0.4) is 0 Å². The molecule has 1 amide bonds. The molecule has 0 aromatic carbocycles. The Bertz CT molecular complexity index is 368. The van der Waals surface area contributed by atoms with Gasteiger partial charge in [0.15, 0.2) is 0 Å². The first-order chi connectivity index (χ1) is 6.36. The molecule has 3 rings (SSSR count). The summed E-state index contributed by atoms with van der Waals surface area (Å²) in [7, 11) is 0. The van der Waals surface area contributed by atoms with Crippen LogP contribution in [0, 0.1) is 5.92 Å². The summed E-state index contributed by atoms with van der Waals surface area (Å²) in [5, 5.41) is 3.10. The van der Waals surface area contributed by atoms with Gasteiger partial charge in [0.2, 0.25) is 5.91 Å². The number of anilines is 1. The molecule has 1 aliphatic carbocycles. The Morgan fingerprint density at radius 2 is 2.38 bits per heavy atom. The minimum atomic E-state index is 0.159. The van der Waals surface area contributed by atoms with Crippen LogP contribution in [0.5, 0.6) is 0 Å². The number of carbonyl (C=O) groups excluding carboxylic acids is 1. The van der Waals surface area contributed by atoms with Gasteiger partial charge in [0.1, 0.15) is 0 Å². The molecule has 0 saturated carbocycles. The zero-order valence-electron chi connectivity index (χ0n) is 7.01. The largest absolute Gasteiger partial charge is 0.296 e. The van der Waals surface area contributed by atoms with Gasteiger partial charge in [0, 0.05) is 0 Å². The number of nitrogens with zero attached hydrogens (tertiary/aromatic N) is 1. The van der Waals surface area contributed by atoms with E-state index in [2.05, 4.69) is 6.08 Å². The second-order valence-corrected chi connectivity index (χ2v) is 4.38. The van der Waals surface area contributed by atoms with Gasteiger partial charge in [-0.05, 0) is 23.9 Å². The van der Waals surface area contributed by atoms with Gasteiger partial charge in [-0.2, -0.15) is 0 Å². The predicted octanol–water partition coefficient (Wildman–Crippen LogP) is 2.04. The average Bonchev–Trinajstić information content (AvgIpc) is 2.76.